The van der Waals surface area contributed by atoms with E-state index >= 15 is 0 Å². The highest BCUT2D eigenvalue weighted by atomic mass is 16.5. The van der Waals surface area contributed by atoms with Crippen LogP contribution < -0.4 is 0 Å². The van der Waals surface area contributed by atoms with Crippen LogP contribution in [0, 0.1) is 11.3 Å². The van der Waals surface area contributed by atoms with Crippen molar-refractivity contribution in [3.05, 3.63) is 53.7 Å². The van der Waals surface area contributed by atoms with Gasteiger partial charge in [0.1, 0.15) is 0 Å². The van der Waals surface area contributed by atoms with Gasteiger partial charge in [0.15, 0.2) is 5.58 Å². The number of rotatable bonds is 9. The van der Waals surface area contributed by atoms with Crippen molar-refractivity contribution in [2.75, 3.05) is 40.3 Å². The first-order valence-electron chi connectivity index (χ1n) is 13.5. The van der Waals surface area contributed by atoms with Gasteiger partial charge in [-0.15, -0.1) is 0 Å². The quantitative estimate of drug-likeness (QED) is 0.427. The predicted molar refractivity (Wildman–Crippen MR) is 142 cm³/mol. The van der Waals surface area contributed by atoms with Crippen LogP contribution in [0.3, 0.4) is 0 Å². The van der Waals surface area contributed by atoms with Gasteiger partial charge in [-0.1, -0.05) is 54.4 Å². The summed E-state index contributed by atoms with van der Waals surface area (Å²) in [4.78, 5) is 4.81. The van der Waals surface area contributed by atoms with Gasteiger partial charge in [0.2, 0.25) is 0 Å². The minimum Gasteiger partial charge on any atom is -0.396 e. The number of hydrogen-bond acceptors (Lipinski definition) is 5. The van der Waals surface area contributed by atoms with E-state index in [1.807, 2.05) is 0 Å². The fraction of sp³-hybridized carbons (Fsp3) is 0.567. The number of piperidine rings is 1. The first kappa shape index (κ1) is 24.5. The fourth-order valence-corrected chi connectivity index (χ4v) is 6.39. The number of hydrogen-bond donors (Lipinski definition) is 1. The number of fused-ring (bicyclic) bond motifs is 1. The van der Waals surface area contributed by atoms with Crippen molar-refractivity contribution in [3.63, 3.8) is 0 Å². The standard InChI is InChI=1S/C30H41N3O2/c1-32(2)20-27-25(24-8-4-3-5-9-24)11-12-26-28(31-35-29(26)27)13-10-23-14-18-33(19-15-23)21-30(22-34)16-6-7-17-30/h3-5,8-9,11-12,23,34H,6-7,10,13-22H2,1-2H3. The van der Waals surface area contributed by atoms with Gasteiger partial charge in [-0.05, 0) is 88.8 Å². The molecule has 0 radical (unpaired) electrons. The molecule has 0 atom stereocenters. The molecule has 5 nitrogen and oxygen atoms in total. The first-order chi connectivity index (χ1) is 17.1. The van der Waals surface area contributed by atoms with E-state index < -0.39 is 0 Å². The predicted octanol–water partition coefficient (Wildman–Crippen LogP) is 5.75. The summed E-state index contributed by atoms with van der Waals surface area (Å²) in [5, 5.41) is 15.7. The molecule has 1 saturated carbocycles. The summed E-state index contributed by atoms with van der Waals surface area (Å²) < 4.78 is 5.99. The lowest BCUT2D eigenvalue weighted by molar-refractivity contribution is 0.0602. The maximum absolute atomic E-state index is 9.98. The smallest absolute Gasteiger partial charge is 0.172 e. The Balaban J connectivity index is 1.24. The Kier molecular flexibility index (Phi) is 7.56. The van der Waals surface area contributed by atoms with Crippen LogP contribution in [0.15, 0.2) is 47.0 Å². The third kappa shape index (κ3) is 5.47. The Morgan fingerprint density at radius 1 is 1.06 bits per heavy atom. The van der Waals surface area contributed by atoms with Gasteiger partial charge >= 0.3 is 0 Å². The van der Waals surface area contributed by atoms with Crippen molar-refractivity contribution in [3.8, 4) is 11.1 Å². The average molecular weight is 476 g/mol. The van der Waals surface area contributed by atoms with Crippen molar-refractivity contribution in [2.45, 2.75) is 57.9 Å². The average Bonchev–Trinajstić information content (AvgIpc) is 3.52. The SMILES string of the molecule is CN(C)Cc1c(-c2ccccc2)ccc2c(CCC3CCN(CC4(CO)CCCC4)CC3)noc12. The molecule has 0 amide bonds. The van der Waals surface area contributed by atoms with Crippen LogP contribution in [0.4, 0.5) is 0 Å². The zero-order chi connectivity index (χ0) is 24.3. The molecule has 35 heavy (non-hydrogen) atoms. The molecule has 1 N–H and O–H groups in total. The maximum atomic E-state index is 9.98. The molecule has 5 heteroatoms. The lowest BCUT2D eigenvalue weighted by Crippen LogP contribution is -2.42. The summed E-state index contributed by atoms with van der Waals surface area (Å²) in [6.45, 7) is 4.60. The van der Waals surface area contributed by atoms with Crippen LogP contribution in [0.25, 0.3) is 22.1 Å². The molecule has 2 aliphatic rings. The number of aliphatic hydroxyl groups is 1. The highest BCUT2D eigenvalue weighted by Gasteiger charge is 2.35. The van der Waals surface area contributed by atoms with E-state index in [9.17, 15) is 5.11 Å². The van der Waals surface area contributed by atoms with Crippen LogP contribution in [0.2, 0.25) is 0 Å². The molecule has 5 rings (SSSR count). The summed E-state index contributed by atoms with van der Waals surface area (Å²) in [5.74, 6) is 0.747. The Morgan fingerprint density at radius 3 is 2.49 bits per heavy atom. The van der Waals surface area contributed by atoms with E-state index in [-0.39, 0.29) is 5.41 Å². The molecule has 188 valence electrons. The van der Waals surface area contributed by atoms with Gasteiger partial charge in [-0.3, -0.25) is 0 Å². The van der Waals surface area contributed by atoms with E-state index in [0.717, 1.165) is 36.7 Å². The zero-order valence-electron chi connectivity index (χ0n) is 21.5. The number of aliphatic hydroxyl groups excluding tert-OH is 1. The van der Waals surface area contributed by atoms with Crippen LogP contribution in [-0.2, 0) is 13.0 Å². The van der Waals surface area contributed by atoms with Gasteiger partial charge in [-0.25, -0.2) is 0 Å². The minimum absolute atomic E-state index is 0.176. The summed E-state index contributed by atoms with van der Waals surface area (Å²) in [5.41, 5.74) is 5.88. The molecule has 2 heterocycles. The Bertz CT molecular complexity index is 1090. The molecule has 1 aliphatic heterocycles. The second-order valence-electron chi connectivity index (χ2n) is 11.3. The van der Waals surface area contributed by atoms with Gasteiger partial charge in [0, 0.05) is 36.1 Å². The van der Waals surface area contributed by atoms with E-state index in [1.165, 1.54) is 80.1 Å². The van der Waals surface area contributed by atoms with Crippen molar-refractivity contribution < 1.29 is 9.63 Å². The number of nitrogens with zero attached hydrogens (tertiary/aromatic N) is 3. The van der Waals surface area contributed by atoms with E-state index in [4.69, 9.17) is 4.52 Å². The van der Waals surface area contributed by atoms with E-state index in [0.29, 0.717) is 6.61 Å². The largest absolute Gasteiger partial charge is 0.396 e. The molecule has 2 fully saturated rings. The van der Waals surface area contributed by atoms with Crippen molar-refractivity contribution in [1.29, 1.82) is 0 Å². The molecular formula is C30H41N3O2. The van der Waals surface area contributed by atoms with E-state index in [1.54, 1.807) is 0 Å². The Labute approximate surface area is 210 Å². The van der Waals surface area contributed by atoms with Crippen LogP contribution in [-0.4, -0.2) is 60.4 Å². The Hall–Kier alpha value is -2.21. The normalized spacial score (nSPS) is 19.2. The highest BCUT2D eigenvalue weighted by molar-refractivity contribution is 5.89. The number of benzene rings is 2. The number of likely N-dealkylation sites (tertiary alicyclic amines) is 1. The first-order valence-corrected chi connectivity index (χ1v) is 13.5. The number of aromatic nitrogens is 1. The van der Waals surface area contributed by atoms with Gasteiger partial charge < -0.3 is 19.4 Å². The molecular weight excluding hydrogens is 434 g/mol. The summed E-state index contributed by atoms with van der Waals surface area (Å²) in [6, 6.07) is 15.0. The van der Waals surface area contributed by atoms with Crippen molar-refractivity contribution in [2.24, 2.45) is 11.3 Å². The molecule has 1 saturated heterocycles. The second kappa shape index (κ2) is 10.8. The van der Waals surface area contributed by atoms with Gasteiger partial charge in [0.25, 0.3) is 0 Å². The molecule has 2 aromatic carbocycles. The topological polar surface area (TPSA) is 52.7 Å². The third-order valence-corrected chi connectivity index (χ3v) is 8.43. The summed E-state index contributed by atoms with van der Waals surface area (Å²) in [7, 11) is 4.21. The van der Waals surface area contributed by atoms with Crippen LogP contribution in [0.1, 0.15) is 56.2 Å². The van der Waals surface area contributed by atoms with Gasteiger partial charge in [-0.2, -0.15) is 0 Å². The third-order valence-electron chi connectivity index (χ3n) is 8.43. The van der Waals surface area contributed by atoms with Crippen molar-refractivity contribution in [1.82, 2.24) is 15.0 Å². The molecule has 0 unspecified atom stereocenters. The lowest BCUT2D eigenvalue weighted by Gasteiger charge is -2.38. The van der Waals surface area contributed by atoms with Crippen LogP contribution >= 0.6 is 0 Å². The second-order valence-corrected chi connectivity index (χ2v) is 11.3. The lowest BCUT2D eigenvalue weighted by atomic mass is 9.84. The molecule has 1 aromatic heterocycles. The monoisotopic (exact) mass is 475 g/mol. The Morgan fingerprint density at radius 2 is 1.80 bits per heavy atom. The summed E-state index contributed by atoms with van der Waals surface area (Å²) >= 11 is 0. The number of aryl methyl sites for hydroxylation is 1. The molecule has 3 aromatic rings. The fourth-order valence-electron chi connectivity index (χ4n) is 6.39. The summed E-state index contributed by atoms with van der Waals surface area (Å²) in [6.07, 6.45) is 9.61. The minimum atomic E-state index is 0.176. The highest BCUT2D eigenvalue weighted by Crippen LogP contribution is 2.39. The maximum Gasteiger partial charge on any atom is 0.172 e. The molecule has 1 aliphatic carbocycles. The zero-order valence-corrected chi connectivity index (χ0v) is 21.5. The van der Waals surface area contributed by atoms with Gasteiger partial charge in [0.05, 0.1) is 5.69 Å². The van der Waals surface area contributed by atoms with Crippen LogP contribution in [0.5, 0.6) is 0 Å². The van der Waals surface area contributed by atoms with E-state index in [2.05, 4.69) is 71.5 Å². The molecule has 0 spiro atoms. The molecule has 0 bridgehead atoms. The van der Waals surface area contributed by atoms with Crippen molar-refractivity contribution >= 4 is 11.0 Å².